The Morgan fingerprint density at radius 1 is 1.47 bits per heavy atom. The third kappa shape index (κ3) is 2.79. The molecule has 0 spiro atoms. The largest absolute Gasteiger partial charge is 0.322 e. The maximum absolute atomic E-state index is 12.2. The second-order valence-corrected chi connectivity index (χ2v) is 4.74. The van der Waals surface area contributed by atoms with E-state index in [4.69, 9.17) is 11.6 Å². The first-order valence-electron chi connectivity index (χ1n) is 6.12. The zero-order valence-corrected chi connectivity index (χ0v) is 12.0. The number of aromatic nitrogens is 2. The normalized spacial score (nSPS) is 10.5. The number of hydrogen-bond acceptors (Lipinski definition) is 2. The van der Waals surface area contributed by atoms with Crippen molar-refractivity contribution in [3.63, 3.8) is 0 Å². The summed E-state index contributed by atoms with van der Waals surface area (Å²) in [6.07, 6.45) is 0.927. The maximum Gasteiger partial charge on any atom is 0.260 e. The first kappa shape index (κ1) is 13.6. The zero-order valence-electron chi connectivity index (χ0n) is 11.2. The number of anilines is 1. The third-order valence-electron chi connectivity index (χ3n) is 2.97. The highest BCUT2D eigenvalue weighted by Crippen LogP contribution is 2.20. The van der Waals surface area contributed by atoms with E-state index in [1.54, 1.807) is 14.0 Å². The predicted molar refractivity (Wildman–Crippen MR) is 76.7 cm³/mol. The molecule has 0 bridgehead atoms. The predicted octanol–water partition coefficient (Wildman–Crippen LogP) is 3.20. The van der Waals surface area contributed by atoms with Crippen LogP contribution in [0.4, 0.5) is 5.69 Å². The quantitative estimate of drug-likeness (QED) is 0.936. The Labute approximate surface area is 117 Å². The van der Waals surface area contributed by atoms with Gasteiger partial charge in [0.1, 0.15) is 5.15 Å². The van der Waals surface area contributed by atoms with E-state index in [0.29, 0.717) is 16.4 Å². The summed E-state index contributed by atoms with van der Waals surface area (Å²) in [5.41, 5.74) is 2.98. The van der Waals surface area contributed by atoms with E-state index in [9.17, 15) is 4.79 Å². The highest BCUT2D eigenvalue weighted by atomic mass is 35.5. The van der Waals surface area contributed by atoms with Crippen LogP contribution in [-0.4, -0.2) is 15.7 Å². The van der Waals surface area contributed by atoms with Gasteiger partial charge in [-0.25, -0.2) is 0 Å². The van der Waals surface area contributed by atoms with Crippen molar-refractivity contribution in [3.05, 3.63) is 46.2 Å². The lowest BCUT2D eigenvalue weighted by Gasteiger charge is -2.06. The number of amides is 1. The van der Waals surface area contributed by atoms with Crippen molar-refractivity contribution in [2.45, 2.75) is 20.3 Å². The Morgan fingerprint density at radius 2 is 2.21 bits per heavy atom. The van der Waals surface area contributed by atoms with E-state index in [2.05, 4.69) is 17.3 Å². The lowest BCUT2D eigenvalue weighted by Crippen LogP contribution is -2.13. The van der Waals surface area contributed by atoms with Gasteiger partial charge in [0.15, 0.2) is 0 Å². The van der Waals surface area contributed by atoms with Gasteiger partial charge < -0.3 is 5.32 Å². The number of hydrogen-bond donors (Lipinski definition) is 1. The molecule has 0 aliphatic heterocycles. The highest BCUT2D eigenvalue weighted by molar-refractivity contribution is 6.33. The summed E-state index contributed by atoms with van der Waals surface area (Å²) in [7, 11) is 1.71. The molecule has 0 aliphatic carbocycles. The van der Waals surface area contributed by atoms with Crippen molar-refractivity contribution in [2.75, 3.05) is 5.32 Å². The molecule has 2 rings (SSSR count). The average Bonchev–Trinajstić information content (AvgIpc) is 2.63. The first-order chi connectivity index (χ1) is 9.02. The van der Waals surface area contributed by atoms with Crippen LogP contribution in [0.5, 0.6) is 0 Å². The smallest absolute Gasteiger partial charge is 0.260 e. The monoisotopic (exact) mass is 277 g/mol. The molecule has 1 aromatic heterocycles. The summed E-state index contributed by atoms with van der Waals surface area (Å²) in [6.45, 7) is 3.84. The second-order valence-electron chi connectivity index (χ2n) is 4.38. The second kappa shape index (κ2) is 5.45. The minimum Gasteiger partial charge on any atom is -0.322 e. The van der Waals surface area contributed by atoms with Gasteiger partial charge in [0.25, 0.3) is 5.91 Å². The standard InChI is InChI=1S/C14H16ClN3O/c1-4-10-6-5-7-11(8-10)16-14(19)12-9(2)17-18(3)13(12)15/h5-8H,4H2,1-3H3,(H,16,19). The van der Waals surface area contributed by atoms with Gasteiger partial charge in [-0.05, 0) is 31.0 Å². The molecule has 0 atom stereocenters. The molecule has 0 saturated carbocycles. The Morgan fingerprint density at radius 3 is 2.79 bits per heavy atom. The number of nitrogens with zero attached hydrogens (tertiary/aromatic N) is 2. The maximum atomic E-state index is 12.2. The van der Waals surface area contributed by atoms with Gasteiger partial charge in [-0.1, -0.05) is 30.7 Å². The highest BCUT2D eigenvalue weighted by Gasteiger charge is 2.18. The lowest BCUT2D eigenvalue weighted by atomic mass is 10.1. The van der Waals surface area contributed by atoms with Crippen molar-refractivity contribution in [2.24, 2.45) is 7.05 Å². The Balaban J connectivity index is 2.25. The molecule has 1 heterocycles. The number of rotatable bonds is 3. The summed E-state index contributed by atoms with van der Waals surface area (Å²) in [5.74, 6) is -0.233. The first-order valence-corrected chi connectivity index (χ1v) is 6.50. The molecule has 2 aromatic rings. The van der Waals surface area contributed by atoms with E-state index in [1.807, 2.05) is 24.3 Å². The van der Waals surface area contributed by atoms with Crippen molar-refractivity contribution >= 4 is 23.2 Å². The fraction of sp³-hybridized carbons (Fsp3) is 0.286. The van der Waals surface area contributed by atoms with Crippen LogP contribution in [-0.2, 0) is 13.5 Å². The molecule has 1 aromatic carbocycles. The van der Waals surface area contributed by atoms with E-state index in [-0.39, 0.29) is 5.91 Å². The number of carbonyl (C=O) groups excluding carboxylic acids is 1. The number of benzene rings is 1. The van der Waals surface area contributed by atoms with Gasteiger partial charge in [0.2, 0.25) is 0 Å². The average molecular weight is 278 g/mol. The molecule has 0 radical (unpaired) electrons. The van der Waals surface area contributed by atoms with Gasteiger partial charge in [0.05, 0.1) is 11.3 Å². The van der Waals surface area contributed by atoms with Gasteiger partial charge >= 0.3 is 0 Å². The molecular weight excluding hydrogens is 262 g/mol. The molecule has 1 amide bonds. The fourth-order valence-electron chi connectivity index (χ4n) is 1.95. The minimum atomic E-state index is -0.233. The Kier molecular flexibility index (Phi) is 3.90. The molecular formula is C14H16ClN3O. The number of carbonyl (C=O) groups is 1. The summed E-state index contributed by atoms with van der Waals surface area (Å²) < 4.78 is 1.49. The van der Waals surface area contributed by atoms with Crippen LogP contribution in [0, 0.1) is 6.92 Å². The number of nitrogens with one attached hydrogen (secondary N) is 1. The van der Waals surface area contributed by atoms with Crippen LogP contribution in [0.2, 0.25) is 5.15 Å². The molecule has 0 fully saturated rings. The van der Waals surface area contributed by atoms with E-state index < -0.39 is 0 Å². The SMILES string of the molecule is CCc1cccc(NC(=O)c2c(C)nn(C)c2Cl)c1. The molecule has 0 aliphatic rings. The van der Waals surface area contributed by atoms with Crippen molar-refractivity contribution in [1.82, 2.24) is 9.78 Å². The number of halogens is 1. The zero-order chi connectivity index (χ0) is 14.0. The third-order valence-corrected chi connectivity index (χ3v) is 3.41. The lowest BCUT2D eigenvalue weighted by molar-refractivity contribution is 0.102. The molecule has 0 saturated heterocycles. The van der Waals surface area contributed by atoms with Crippen LogP contribution in [0.15, 0.2) is 24.3 Å². The van der Waals surface area contributed by atoms with Crippen molar-refractivity contribution in [1.29, 1.82) is 0 Å². The van der Waals surface area contributed by atoms with Crippen LogP contribution in [0.3, 0.4) is 0 Å². The van der Waals surface area contributed by atoms with E-state index in [1.165, 1.54) is 10.2 Å². The summed E-state index contributed by atoms with van der Waals surface area (Å²) in [6, 6.07) is 7.76. The minimum absolute atomic E-state index is 0.233. The molecule has 19 heavy (non-hydrogen) atoms. The fourth-order valence-corrected chi connectivity index (χ4v) is 2.21. The molecule has 0 unspecified atom stereocenters. The Bertz CT molecular complexity index is 619. The Hall–Kier alpha value is -1.81. The molecule has 1 N–H and O–H groups in total. The van der Waals surface area contributed by atoms with Crippen molar-refractivity contribution < 1.29 is 4.79 Å². The van der Waals surface area contributed by atoms with Gasteiger partial charge in [-0.3, -0.25) is 9.48 Å². The number of aryl methyl sites for hydroxylation is 3. The molecule has 100 valence electrons. The summed E-state index contributed by atoms with van der Waals surface area (Å²) >= 11 is 6.07. The van der Waals surface area contributed by atoms with Crippen LogP contribution >= 0.6 is 11.6 Å². The van der Waals surface area contributed by atoms with Crippen LogP contribution < -0.4 is 5.32 Å². The van der Waals surface area contributed by atoms with Crippen LogP contribution in [0.25, 0.3) is 0 Å². The van der Waals surface area contributed by atoms with Gasteiger partial charge in [0, 0.05) is 12.7 Å². The molecule has 5 heteroatoms. The van der Waals surface area contributed by atoms with E-state index in [0.717, 1.165) is 12.1 Å². The molecule has 4 nitrogen and oxygen atoms in total. The van der Waals surface area contributed by atoms with Crippen molar-refractivity contribution in [3.8, 4) is 0 Å². The topological polar surface area (TPSA) is 46.9 Å². The van der Waals surface area contributed by atoms with E-state index >= 15 is 0 Å². The van der Waals surface area contributed by atoms with Gasteiger partial charge in [-0.2, -0.15) is 5.10 Å². The summed E-state index contributed by atoms with van der Waals surface area (Å²) in [4.78, 5) is 12.2. The van der Waals surface area contributed by atoms with Crippen LogP contribution in [0.1, 0.15) is 28.5 Å². The van der Waals surface area contributed by atoms with Gasteiger partial charge in [-0.15, -0.1) is 0 Å². The summed E-state index contributed by atoms with van der Waals surface area (Å²) in [5, 5.41) is 7.33.